The highest BCUT2D eigenvalue weighted by Gasteiger charge is 2.25. The van der Waals surface area contributed by atoms with Crippen LogP contribution in [0.15, 0.2) is 48.5 Å². The lowest BCUT2D eigenvalue weighted by molar-refractivity contribution is 0.476. The predicted octanol–water partition coefficient (Wildman–Crippen LogP) is 3.94. The Labute approximate surface area is 118 Å². The molecule has 0 saturated heterocycles. The molecule has 0 spiro atoms. The van der Waals surface area contributed by atoms with E-state index in [9.17, 15) is 4.39 Å². The van der Waals surface area contributed by atoms with Crippen molar-refractivity contribution in [3.05, 3.63) is 70.5 Å². The number of hydrogen-bond acceptors (Lipinski definition) is 1. The van der Waals surface area contributed by atoms with Gasteiger partial charge in [0.2, 0.25) is 0 Å². The van der Waals surface area contributed by atoms with Gasteiger partial charge in [-0.05, 0) is 41.8 Å². The van der Waals surface area contributed by atoms with Crippen molar-refractivity contribution in [3.63, 3.8) is 0 Å². The van der Waals surface area contributed by atoms with Crippen LogP contribution in [-0.4, -0.2) is 6.54 Å². The molecule has 3 heteroatoms. The molecule has 2 N–H and O–H groups in total. The Bertz CT molecular complexity index is 553. The van der Waals surface area contributed by atoms with E-state index in [0.717, 1.165) is 17.5 Å². The molecule has 0 aliphatic carbocycles. The van der Waals surface area contributed by atoms with E-state index in [-0.39, 0.29) is 11.2 Å². The van der Waals surface area contributed by atoms with Gasteiger partial charge in [-0.3, -0.25) is 0 Å². The molecule has 1 nitrogen and oxygen atoms in total. The van der Waals surface area contributed by atoms with Gasteiger partial charge in [0.1, 0.15) is 5.82 Å². The number of halogens is 2. The number of hydrogen-bond donors (Lipinski definition) is 1. The maximum atomic E-state index is 13.4. The number of benzene rings is 2. The van der Waals surface area contributed by atoms with Gasteiger partial charge in [-0.25, -0.2) is 4.39 Å². The van der Waals surface area contributed by atoms with Gasteiger partial charge < -0.3 is 5.73 Å². The first-order chi connectivity index (χ1) is 9.03. The minimum absolute atomic E-state index is 0.228. The molecule has 19 heavy (non-hydrogen) atoms. The van der Waals surface area contributed by atoms with Crippen LogP contribution in [0.3, 0.4) is 0 Å². The molecular formula is C16H17ClFN. The van der Waals surface area contributed by atoms with Gasteiger partial charge in [0, 0.05) is 17.0 Å². The Morgan fingerprint density at radius 1 is 1.16 bits per heavy atom. The maximum Gasteiger partial charge on any atom is 0.123 e. The lowest BCUT2D eigenvalue weighted by atomic mass is 9.77. The van der Waals surface area contributed by atoms with Gasteiger partial charge in [0.15, 0.2) is 0 Å². The standard InChI is InChI=1S/C16H17ClFN/c1-16(11-19,13-3-2-4-15(18)9-13)10-12-5-7-14(17)8-6-12/h2-9H,10-11,19H2,1H3. The first-order valence-electron chi connectivity index (χ1n) is 6.24. The van der Waals surface area contributed by atoms with Crippen molar-refractivity contribution in [1.29, 1.82) is 0 Å². The third-order valence-electron chi connectivity index (χ3n) is 3.48. The molecule has 0 bridgehead atoms. The van der Waals surface area contributed by atoms with E-state index >= 15 is 0 Å². The Hall–Kier alpha value is -1.38. The van der Waals surface area contributed by atoms with Gasteiger partial charge in [0.05, 0.1) is 0 Å². The quantitative estimate of drug-likeness (QED) is 0.900. The van der Waals surface area contributed by atoms with Crippen LogP contribution in [-0.2, 0) is 11.8 Å². The van der Waals surface area contributed by atoms with E-state index in [1.165, 1.54) is 6.07 Å². The third kappa shape index (κ3) is 3.34. The van der Waals surface area contributed by atoms with Crippen molar-refractivity contribution in [2.24, 2.45) is 5.73 Å². The monoisotopic (exact) mass is 277 g/mol. The largest absolute Gasteiger partial charge is 0.330 e. The molecule has 0 heterocycles. The van der Waals surface area contributed by atoms with Crippen molar-refractivity contribution in [3.8, 4) is 0 Å². The first-order valence-corrected chi connectivity index (χ1v) is 6.62. The Morgan fingerprint density at radius 3 is 2.42 bits per heavy atom. The number of nitrogens with two attached hydrogens (primary N) is 1. The fraction of sp³-hybridized carbons (Fsp3) is 0.250. The molecular weight excluding hydrogens is 261 g/mol. The summed E-state index contributed by atoms with van der Waals surface area (Å²) < 4.78 is 13.4. The second-order valence-electron chi connectivity index (χ2n) is 5.08. The molecule has 1 unspecified atom stereocenters. The molecule has 0 radical (unpaired) electrons. The molecule has 2 aromatic carbocycles. The average molecular weight is 278 g/mol. The summed E-state index contributed by atoms with van der Waals surface area (Å²) in [6.45, 7) is 2.51. The highest BCUT2D eigenvalue weighted by atomic mass is 35.5. The Morgan fingerprint density at radius 2 is 1.84 bits per heavy atom. The van der Waals surface area contributed by atoms with Gasteiger partial charge in [-0.1, -0.05) is 42.8 Å². The van der Waals surface area contributed by atoms with Crippen molar-refractivity contribution in [1.82, 2.24) is 0 Å². The molecule has 0 aliphatic heterocycles. The maximum absolute atomic E-state index is 13.4. The average Bonchev–Trinajstić information content (AvgIpc) is 2.41. The summed E-state index contributed by atoms with van der Waals surface area (Å²) in [4.78, 5) is 0. The van der Waals surface area contributed by atoms with Gasteiger partial charge >= 0.3 is 0 Å². The van der Waals surface area contributed by atoms with Crippen LogP contribution in [0.4, 0.5) is 4.39 Å². The summed E-state index contributed by atoms with van der Waals surface area (Å²) in [5.41, 5.74) is 7.70. The molecule has 0 saturated carbocycles. The van der Waals surface area contributed by atoms with Gasteiger partial charge in [0.25, 0.3) is 0 Å². The highest BCUT2D eigenvalue weighted by Crippen LogP contribution is 2.28. The van der Waals surface area contributed by atoms with Crippen LogP contribution in [0.2, 0.25) is 5.02 Å². The van der Waals surface area contributed by atoms with Crippen LogP contribution in [0, 0.1) is 5.82 Å². The minimum atomic E-state index is -0.282. The molecule has 0 aromatic heterocycles. The van der Waals surface area contributed by atoms with Crippen molar-refractivity contribution in [2.45, 2.75) is 18.8 Å². The summed E-state index contributed by atoms with van der Waals surface area (Å²) in [7, 11) is 0. The third-order valence-corrected chi connectivity index (χ3v) is 3.73. The van der Waals surface area contributed by atoms with E-state index in [0.29, 0.717) is 11.6 Å². The lowest BCUT2D eigenvalue weighted by Gasteiger charge is -2.29. The lowest BCUT2D eigenvalue weighted by Crippen LogP contribution is -2.34. The van der Waals surface area contributed by atoms with Crippen molar-refractivity contribution >= 4 is 11.6 Å². The van der Waals surface area contributed by atoms with Crippen LogP contribution in [0.25, 0.3) is 0 Å². The molecule has 0 aliphatic rings. The molecule has 100 valence electrons. The summed E-state index contributed by atoms with van der Waals surface area (Å²) >= 11 is 5.88. The zero-order valence-electron chi connectivity index (χ0n) is 10.9. The van der Waals surface area contributed by atoms with Crippen LogP contribution < -0.4 is 5.73 Å². The van der Waals surface area contributed by atoms with E-state index in [4.69, 9.17) is 17.3 Å². The highest BCUT2D eigenvalue weighted by molar-refractivity contribution is 6.30. The fourth-order valence-electron chi connectivity index (χ4n) is 2.21. The predicted molar refractivity (Wildman–Crippen MR) is 78.0 cm³/mol. The smallest absolute Gasteiger partial charge is 0.123 e. The summed E-state index contributed by atoms with van der Waals surface area (Å²) in [5, 5.41) is 0.712. The summed E-state index contributed by atoms with van der Waals surface area (Å²) in [5.74, 6) is -0.228. The summed E-state index contributed by atoms with van der Waals surface area (Å²) in [6, 6.07) is 14.3. The zero-order chi connectivity index (χ0) is 13.9. The van der Waals surface area contributed by atoms with E-state index in [1.54, 1.807) is 12.1 Å². The first kappa shape index (κ1) is 14.0. The molecule has 0 fully saturated rings. The minimum Gasteiger partial charge on any atom is -0.330 e. The summed E-state index contributed by atoms with van der Waals surface area (Å²) in [6.07, 6.45) is 0.754. The molecule has 0 amide bonds. The Kier molecular flexibility index (Phi) is 4.23. The topological polar surface area (TPSA) is 26.0 Å². The molecule has 1 atom stereocenters. The van der Waals surface area contributed by atoms with Crippen molar-refractivity contribution < 1.29 is 4.39 Å². The number of rotatable bonds is 4. The Balaban J connectivity index is 2.30. The molecule has 2 aromatic rings. The van der Waals surface area contributed by atoms with E-state index in [1.807, 2.05) is 30.3 Å². The van der Waals surface area contributed by atoms with Crippen LogP contribution in [0.1, 0.15) is 18.1 Å². The zero-order valence-corrected chi connectivity index (χ0v) is 11.6. The van der Waals surface area contributed by atoms with Crippen molar-refractivity contribution in [2.75, 3.05) is 6.54 Å². The van der Waals surface area contributed by atoms with Gasteiger partial charge in [-0.2, -0.15) is 0 Å². The fourth-order valence-corrected chi connectivity index (χ4v) is 2.33. The molecule has 2 rings (SSSR count). The van der Waals surface area contributed by atoms with Crippen LogP contribution in [0.5, 0.6) is 0 Å². The SMILES string of the molecule is CC(CN)(Cc1ccc(Cl)cc1)c1cccc(F)c1. The second-order valence-corrected chi connectivity index (χ2v) is 5.51. The second kappa shape index (κ2) is 5.72. The van der Waals surface area contributed by atoms with Gasteiger partial charge in [-0.15, -0.1) is 0 Å². The van der Waals surface area contributed by atoms with E-state index in [2.05, 4.69) is 6.92 Å². The van der Waals surface area contributed by atoms with E-state index < -0.39 is 0 Å². The normalized spacial score (nSPS) is 14.1. The van der Waals surface area contributed by atoms with Crippen LogP contribution >= 0.6 is 11.6 Å².